The first-order valence-electron chi connectivity index (χ1n) is 12.6. The third-order valence-electron chi connectivity index (χ3n) is 7.20. The highest BCUT2D eigenvalue weighted by molar-refractivity contribution is 7.93. The van der Waals surface area contributed by atoms with E-state index in [-0.39, 0.29) is 23.1 Å². The fourth-order valence-corrected chi connectivity index (χ4v) is 6.32. The van der Waals surface area contributed by atoms with Crippen LogP contribution in [0.3, 0.4) is 0 Å². The summed E-state index contributed by atoms with van der Waals surface area (Å²) in [6.07, 6.45) is 1.50. The molecule has 5 rings (SSSR count). The van der Waals surface area contributed by atoms with E-state index in [1.165, 1.54) is 4.31 Å². The minimum absolute atomic E-state index is 0. The van der Waals surface area contributed by atoms with Gasteiger partial charge in [-0.1, -0.05) is 48.5 Å². The fourth-order valence-electron chi connectivity index (χ4n) is 4.93. The molecule has 0 aliphatic rings. The van der Waals surface area contributed by atoms with Gasteiger partial charge in [0.1, 0.15) is 11.7 Å². The largest absolute Gasteiger partial charge is 0.384 e. The lowest BCUT2D eigenvalue weighted by atomic mass is 10.1. The molecule has 0 spiro atoms. The Hall–Kier alpha value is -4.08. The molecule has 3 N–H and O–H groups in total. The molecule has 1 aromatic heterocycles. The zero-order chi connectivity index (χ0) is 27.9. The number of nitrogens with two attached hydrogens (primary N) is 1. The predicted octanol–water partition coefficient (Wildman–Crippen LogP) is 5.11. The Kier molecular flexibility index (Phi) is 8.09. The molecule has 0 bridgehead atoms. The molecule has 1 heterocycles. The van der Waals surface area contributed by atoms with Crippen LogP contribution in [0.2, 0.25) is 0 Å². The number of aromatic nitrogens is 2. The van der Waals surface area contributed by atoms with E-state index in [1.54, 1.807) is 19.2 Å². The number of rotatable bonds is 8. The standard InChI is InChI=1S/C30H32N6O2S.ClH/c1-34(2)26-9-5-8-24-23(26)7-6-10-28(24)39(37,38)36(4)22-16-17-27-25(19-22)33-29(35(27)3)18-13-20-11-14-21(15-12-20)30(31)32;/h5-12,14-17,19H,13,18H2,1-4H3,(H3,31,32);1H. The molecule has 4 aromatic carbocycles. The highest BCUT2D eigenvalue weighted by Gasteiger charge is 2.25. The van der Waals surface area contributed by atoms with Crippen molar-refractivity contribution in [1.82, 2.24) is 9.55 Å². The summed E-state index contributed by atoms with van der Waals surface area (Å²) in [5.41, 5.74) is 10.6. The summed E-state index contributed by atoms with van der Waals surface area (Å²) in [6, 6.07) is 24.3. The number of nitrogen functional groups attached to an aromatic ring is 1. The van der Waals surface area contributed by atoms with Crippen LogP contribution in [0.15, 0.2) is 83.8 Å². The molecule has 5 aromatic rings. The molecule has 0 saturated heterocycles. The van der Waals surface area contributed by atoms with Gasteiger partial charge in [0.25, 0.3) is 10.0 Å². The molecule has 0 radical (unpaired) electrons. The Balaban J connectivity index is 0.00000370. The second-order valence-electron chi connectivity index (χ2n) is 9.87. The van der Waals surface area contributed by atoms with Gasteiger partial charge in [-0.25, -0.2) is 13.4 Å². The average molecular weight is 577 g/mol. The van der Waals surface area contributed by atoms with Crippen LogP contribution in [0.5, 0.6) is 0 Å². The van der Waals surface area contributed by atoms with Crippen LogP contribution >= 0.6 is 12.4 Å². The van der Waals surface area contributed by atoms with Crippen molar-refractivity contribution in [2.75, 3.05) is 30.3 Å². The van der Waals surface area contributed by atoms with Gasteiger partial charge in [0, 0.05) is 56.6 Å². The molecule has 0 aliphatic carbocycles. The van der Waals surface area contributed by atoms with Gasteiger partial charge in [-0.15, -0.1) is 12.4 Å². The van der Waals surface area contributed by atoms with Gasteiger partial charge in [0.15, 0.2) is 0 Å². The number of hydrogen-bond acceptors (Lipinski definition) is 5. The quantitative estimate of drug-likeness (QED) is 0.197. The molecule has 0 saturated carbocycles. The van der Waals surface area contributed by atoms with Crippen molar-refractivity contribution in [1.29, 1.82) is 5.41 Å². The number of anilines is 2. The zero-order valence-electron chi connectivity index (χ0n) is 22.9. The number of aryl methyl sites for hydroxylation is 3. The van der Waals surface area contributed by atoms with E-state index in [0.717, 1.165) is 46.3 Å². The molecule has 10 heteroatoms. The first-order valence-corrected chi connectivity index (χ1v) is 14.1. The number of sulfonamides is 1. The molecule has 0 atom stereocenters. The maximum atomic E-state index is 13.8. The SMILES string of the molecule is CN(C)c1cccc2c(S(=O)(=O)N(C)c3ccc4c(c3)nc(CCc3ccc(C(=N)N)cc3)n4C)cccc12.Cl. The minimum atomic E-state index is -3.83. The summed E-state index contributed by atoms with van der Waals surface area (Å²) in [5, 5.41) is 9.12. The Morgan fingerprint density at radius 2 is 1.60 bits per heavy atom. The van der Waals surface area contributed by atoms with Gasteiger partial charge in [-0.2, -0.15) is 0 Å². The van der Waals surface area contributed by atoms with E-state index in [1.807, 2.05) is 97.3 Å². The van der Waals surface area contributed by atoms with Gasteiger partial charge in [-0.05, 0) is 42.3 Å². The third kappa shape index (κ3) is 5.22. The number of fused-ring (bicyclic) bond motifs is 2. The smallest absolute Gasteiger partial charge is 0.264 e. The van der Waals surface area contributed by atoms with Crippen LogP contribution in [0.4, 0.5) is 11.4 Å². The van der Waals surface area contributed by atoms with Gasteiger partial charge in [0.2, 0.25) is 0 Å². The zero-order valence-corrected chi connectivity index (χ0v) is 24.6. The van der Waals surface area contributed by atoms with E-state index >= 15 is 0 Å². The summed E-state index contributed by atoms with van der Waals surface area (Å²) >= 11 is 0. The van der Waals surface area contributed by atoms with Crippen molar-refractivity contribution in [3.63, 3.8) is 0 Å². The highest BCUT2D eigenvalue weighted by atomic mass is 35.5. The lowest BCUT2D eigenvalue weighted by Gasteiger charge is -2.22. The number of nitrogens with one attached hydrogen (secondary N) is 1. The van der Waals surface area contributed by atoms with Crippen LogP contribution in [-0.2, 0) is 29.9 Å². The van der Waals surface area contributed by atoms with Gasteiger partial charge in [-0.3, -0.25) is 9.71 Å². The van der Waals surface area contributed by atoms with Crippen molar-refractivity contribution in [2.45, 2.75) is 17.7 Å². The van der Waals surface area contributed by atoms with Crippen molar-refractivity contribution in [3.8, 4) is 0 Å². The first kappa shape index (κ1) is 28.9. The third-order valence-corrected chi connectivity index (χ3v) is 9.05. The summed E-state index contributed by atoms with van der Waals surface area (Å²) in [4.78, 5) is 7.08. The summed E-state index contributed by atoms with van der Waals surface area (Å²) < 4.78 is 31.0. The van der Waals surface area contributed by atoms with Crippen molar-refractivity contribution >= 4 is 61.4 Å². The molecular formula is C30H33ClN6O2S. The number of nitrogens with zero attached hydrogens (tertiary/aromatic N) is 4. The van der Waals surface area contributed by atoms with E-state index in [2.05, 4.69) is 0 Å². The lowest BCUT2D eigenvalue weighted by molar-refractivity contribution is 0.595. The van der Waals surface area contributed by atoms with Gasteiger partial charge < -0.3 is 15.2 Å². The summed E-state index contributed by atoms with van der Waals surface area (Å²) in [5.74, 6) is 0.965. The van der Waals surface area contributed by atoms with Crippen LogP contribution in [0, 0.1) is 5.41 Å². The maximum absolute atomic E-state index is 13.8. The Bertz CT molecular complexity index is 1810. The van der Waals surface area contributed by atoms with Crippen LogP contribution < -0.4 is 14.9 Å². The van der Waals surface area contributed by atoms with Gasteiger partial charge in [0.05, 0.1) is 21.6 Å². The van der Waals surface area contributed by atoms with Crippen LogP contribution in [0.25, 0.3) is 21.8 Å². The predicted molar refractivity (Wildman–Crippen MR) is 167 cm³/mol. The monoisotopic (exact) mass is 576 g/mol. The number of halogens is 1. The Labute approximate surface area is 241 Å². The van der Waals surface area contributed by atoms with Crippen LogP contribution in [0.1, 0.15) is 17.0 Å². The van der Waals surface area contributed by atoms with Gasteiger partial charge >= 0.3 is 0 Å². The van der Waals surface area contributed by atoms with Crippen molar-refractivity contribution < 1.29 is 8.42 Å². The number of benzene rings is 4. The van der Waals surface area contributed by atoms with E-state index in [4.69, 9.17) is 16.1 Å². The van der Waals surface area contributed by atoms with E-state index in [0.29, 0.717) is 16.6 Å². The Morgan fingerprint density at radius 1 is 0.925 bits per heavy atom. The Morgan fingerprint density at radius 3 is 2.27 bits per heavy atom. The number of hydrogen-bond donors (Lipinski definition) is 2. The van der Waals surface area contributed by atoms with Crippen molar-refractivity contribution in [2.24, 2.45) is 12.8 Å². The minimum Gasteiger partial charge on any atom is -0.384 e. The highest BCUT2D eigenvalue weighted by Crippen LogP contribution is 2.33. The second kappa shape index (κ2) is 11.2. The number of imidazole rings is 1. The molecule has 40 heavy (non-hydrogen) atoms. The number of amidine groups is 1. The van der Waals surface area contributed by atoms with Crippen LogP contribution in [-0.4, -0.2) is 44.9 Å². The molecule has 0 aliphatic heterocycles. The first-order chi connectivity index (χ1) is 18.6. The molecular weight excluding hydrogens is 544 g/mol. The van der Waals surface area contributed by atoms with E-state index < -0.39 is 10.0 Å². The second-order valence-corrected chi connectivity index (χ2v) is 11.8. The molecule has 0 fully saturated rings. The van der Waals surface area contributed by atoms with E-state index in [9.17, 15) is 8.42 Å². The maximum Gasteiger partial charge on any atom is 0.264 e. The fraction of sp³-hybridized carbons (Fsp3) is 0.200. The topological polar surface area (TPSA) is 108 Å². The average Bonchev–Trinajstić information content (AvgIpc) is 3.25. The molecule has 8 nitrogen and oxygen atoms in total. The lowest BCUT2D eigenvalue weighted by Crippen LogP contribution is -2.26. The molecule has 208 valence electrons. The summed E-state index contributed by atoms with van der Waals surface area (Å²) in [6.45, 7) is 0. The molecule has 0 amide bonds. The van der Waals surface area contributed by atoms with Crippen molar-refractivity contribution in [3.05, 3.63) is 95.8 Å². The molecule has 0 unspecified atom stereocenters. The normalized spacial score (nSPS) is 11.4. The summed E-state index contributed by atoms with van der Waals surface area (Å²) in [7, 11) is 3.62.